The Morgan fingerprint density at radius 1 is 0.460 bits per heavy atom. The third kappa shape index (κ3) is 9.81. The molecule has 0 aliphatic rings. The summed E-state index contributed by atoms with van der Waals surface area (Å²) in [5.41, 5.74) is 7.53. The first-order valence-electron chi connectivity index (χ1n) is 15.8. The van der Waals surface area contributed by atoms with Crippen LogP contribution in [0.15, 0.2) is 146 Å². The molecule has 6 aromatic rings. The zero-order chi connectivity index (χ0) is 36.0. The molecule has 250 valence electrons. The Balaban J connectivity index is 0.000000215. The van der Waals surface area contributed by atoms with Gasteiger partial charge in [-0.1, -0.05) is 102 Å². The van der Waals surface area contributed by atoms with Gasteiger partial charge in [0.05, 0.1) is 7.11 Å². The van der Waals surface area contributed by atoms with Crippen LogP contribution in [0.4, 0.5) is 0 Å². The van der Waals surface area contributed by atoms with Crippen molar-refractivity contribution < 1.29 is 28.7 Å². The summed E-state index contributed by atoms with van der Waals surface area (Å²) in [7, 11) is 1.65. The second kappa shape index (κ2) is 17.7. The first-order valence-corrected chi connectivity index (χ1v) is 15.8. The third-order valence-electron chi connectivity index (χ3n) is 7.79. The van der Waals surface area contributed by atoms with Gasteiger partial charge in [0, 0.05) is 27.8 Å². The van der Waals surface area contributed by atoms with Gasteiger partial charge in [0.15, 0.2) is 17.3 Å². The Morgan fingerprint density at radius 3 is 1.36 bits per heavy atom. The van der Waals surface area contributed by atoms with Crippen LogP contribution in [0, 0.1) is 13.8 Å². The van der Waals surface area contributed by atoms with E-state index in [2.05, 4.69) is 0 Å². The Labute approximate surface area is 293 Å². The van der Waals surface area contributed by atoms with Gasteiger partial charge in [0.25, 0.3) is 0 Å². The molecule has 0 aromatic heterocycles. The maximum atomic E-state index is 12.6. The molecular formula is C44H38O6. The van der Waals surface area contributed by atoms with Crippen LogP contribution >= 0.6 is 0 Å². The van der Waals surface area contributed by atoms with E-state index in [0.717, 1.165) is 28.2 Å². The predicted molar refractivity (Wildman–Crippen MR) is 198 cm³/mol. The van der Waals surface area contributed by atoms with Crippen LogP contribution in [0.2, 0.25) is 0 Å². The van der Waals surface area contributed by atoms with E-state index < -0.39 is 0 Å². The number of carbonyl (C=O) groups is 4. The maximum absolute atomic E-state index is 12.6. The molecule has 0 saturated heterocycles. The summed E-state index contributed by atoms with van der Waals surface area (Å²) < 4.78 is 10.9. The fraction of sp³-hybridized carbons (Fsp3) is 0.0909. The second-order valence-corrected chi connectivity index (χ2v) is 11.4. The van der Waals surface area contributed by atoms with Crippen molar-refractivity contribution in [2.45, 2.75) is 20.8 Å². The van der Waals surface area contributed by atoms with Crippen molar-refractivity contribution in [2.75, 3.05) is 7.11 Å². The molecule has 0 N–H and O–H groups in total. The molecular weight excluding hydrogens is 624 g/mol. The molecule has 0 atom stereocenters. The average Bonchev–Trinajstić information content (AvgIpc) is 3.17. The molecule has 0 fully saturated rings. The molecule has 6 aromatic carbocycles. The predicted octanol–water partition coefficient (Wildman–Crippen LogP) is 9.94. The molecule has 0 unspecified atom stereocenters. The van der Waals surface area contributed by atoms with Gasteiger partial charge in [0.2, 0.25) is 0 Å². The van der Waals surface area contributed by atoms with Crippen LogP contribution in [-0.2, 0) is 4.79 Å². The number of Topliss-reactive ketones (excluding diaryl/α,β-unsaturated/α-hetero) is 1. The topological polar surface area (TPSA) is 86.7 Å². The van der Waals surface area contributed by atoms with E-state index in [1.54, 1.807) is 55.6 Å². The van der Waals surface area contributed by atoms with Crippen molar-refractivity contribution in [3.8, 4) is 28.4 Å². The summed E-state index contributed by atoms with van der Waals surface area (Å²) in [6.07, 6.45) is 0. The highest BCUT2D eigenvalue weighted by Gasteiger charge is 2.11. The summed E-state index contributed by atoms with van der Waals surface area (Å²) in [4.78, 5) is 44.4. The van der Waals surface area contributed by atoms with Crippen LogP contribution in [-0.4, -0.2) is 31.2 Å². The zero-order valence-corrected chi connectivity index (χ0v) is 28.5. The van der Waals surface area contributed by atoms with Gasteiger partial charge in [-0.2, -0.15) is 0 Å². The summed E-state index contributed by atoms with van der Waals surface area (Å²) >= 11 is 0. The molecule has 0 aliphatic carbocycles. The molecule has 6 heteroatoms. The molecule has 0 amide bonds. The largest absolute Gasteiger partial charge is 0.497 e. The minimum Gasteiger partial charge on any atom is -0.497 e. The van der Waals surface area contributed by atoms with E-state index in [4.69, 9.17) is 14.3 Å². The molecule has 6 rings (SSSR count). The van der Waals surface area contributed by atoms with E-state index >= 15 is 0 Å². The summed E-state index contributed by atoms with van der Waals surface area (Å²) in [5.74, 6) is 2.19. The second-order valence-electron chi connectivity index (χ2n) is 11.4. The van der Waals surface area contributed by atoms with Crippen molar-refractivity contribution in [1.82, 2.24) is 0 Å². The molecule has 0 bridgehead atoms. The van der Waals surface area contributed by atoms with E-state index in [9.17, 15) is 14.4 Å². The number of ether oxygens (including phenoxy) is 2. The smallest absolute Gasteiger partial charge is 0.193 e. The molecule has 0 heterocycles. The van der Waals surface area contributed by atoms with Crippen LogP contribution in [0.5, 0.6) is 17.2 Å². The molecule has 6 nitrogen and oxygen atoms in total. The highest BCUT2D eigenvalue weighted by atomic mass is 16.5. The third-order valence-corrected chi connectivity index (χ3v) is 7.79. The molecule has 0 aliphatic heterocycles. The monoisotopic (exact) mass is 662 g/mol. The number of methoxy groups -OCH3 is 1. The highest BCUT2D eigenvalue weighted by molar-refractivity contribution is 6.10. The van der Waals surface area contributed by atoms with Crippen LogP contribution in [0.25, 0.3) is 11.1 Å². The number of carbonyl (C=O) groups excluding carboxylic acids is 4. The number of rotatable bonds is 9. The van der Waals surface area contributed by atoms with Gasteiger partial charge in [0.1, 0.15) is 24.0 Å². The number of benzene rings is 6. The Morgan fingerprint density at radius 2 is 0.860 bits per heavy atom. The molecule has 0 radical (unpaired) electrons. The first kappa shape index (κ1) is 36.4. The number of ketones is 3. The van der Waals surface area contributed by atoms with Gasteiger partial charge in [-0.05, 0) is 86.5 Å². The quantitative estimate of drug-likeness (QED) is 0.143. The van der Waals surface area contributed by atoms with E-state index in [0.29, 0.717) is 33.6 Å². The Bertz CT molecular complexity index is 2030. The summed E-state index contributed by atoms with van der Waals surface area (Å²) in [6, 6.07) is 44.7. The van der Waals surface area contributed by atoms with Gasteiger partial charge in [-0.25, -0.2) is 0 Å². The summed E-state index contributed by atoms with van der Waals surface area (Å²) in [6.45, 7) is 7.54. The van der Waals surface area contributed by atoms with Crippen LogP contribution in [0.3, 0.4) is 0 Å². The van der Waals surface area contributed by atoms with Crippen molar-refractivity contribution in [3.63, 3.8) is 0 Å². The van der Waals surface area contributed by atoms with Crippen molar-refractivity contribution >= 4 is 24.1 Å². The Hall–Kier alpha value is -6.40. The molecule has 0 spiro atoms. The lowest BCUT2D eigenvalue weighted by atomic mass is 9.98. The Kier molecular flexibility index (Phi) is 12.9. The first-order chi connectivity index (χ1) is 24.2. The van der Waals surface area contributed by atoms with Gasteiger partial charge in [-0.3, -0.25) is 14.4 Å². The number of hydrogen-bond donors (Lipinski definition) is 0. The lowest BCUT2D eigenvalue weighted by molar-refractivity contribution is -0.0980. The number of aryl methyl sites for hydroxylation is 2. The fourth-order valence-corrected chi connectivity index (χ4v) is 4.93. The minimum absolute atomic E-state index is 0.0170. The number of hydrogen-bond acceptors (Lipinski definition) is 6. The minimum atomic E-state index is -0.0861. The maximum Gasteiger partial charge on any atom is 0.193 e. The van der Waals surface area contributed by atoms with Crippen molar-refractivity contribution in [2.24, 2.45) is 0 Å². The van der Waals surface area contributed by atoms with Crippen molar-refractivity contribution in [3.05, 3.63) is 185 Å². The van der Waals surface area contributed by atoms with E-state index in [1.165, 1.54) is 12.5 Å². The van der Waals surface area contributed by atoms with Crippen LogP contribution in [0.1, 0.15) is 60.3 Å². The molecule has 50 heavy (non-hydrogen) atoms. The lowest BCUT2D eigenvalue weighted by Crippen LogP contribution is -2.02. The normalized spacial score (nSPS) is 10.0. The van der Waals surface area contributed by atoms with Crippen LogP contribution < -0.4 is 9.47 Å². The van der Waals surface area contributed by atoms with Crippen molar-refractivity contribution in [1.29, 1.82) is 0 Å². The fourth-order valence-electron chi connectivity index (χ4n) is 4.93. The summed E-state index contributed by atoms with van der Waals surface area (Å²) in [5, 5.41) is 0. The SMILES string of the molecule is C=O.CC(=O)c1ccc(C(=O)c2ccc(Oc3ccc(C)cc3)cc2)cc1.COc1ccc(-c2cccc(C(=O)c3ccc(C)cc3)c2)cc1. The highest BCUT2D eigenvalue weighted by Crippen LogP contribution is 2.25. The zero-order valence-electron chi connectivity index (χ0n) is 28.5. The lowest BCUT2D eigenvalue weighted by Gasteiger charge is -2.07. The van der Waals surface area contributed by atoms with Gasteiger partial charge in [-0.15, -0.1) is 0 Å². The van der Waals surface area contributed by atoms with E-state index in [-0.39, 0.29) is 17.3 Å². The molecule has 0 saturated carbocycles. The van der Waals surface area contributed by atoms with Gasteiger partial charge >= 0.3 is 0 Å². The standard InChI is InChI=1S/C22H18O3.C21H18O2.CH2O/c1-15-3-11-20(12-4-15)25-21-13-9-19(10-14-21)22(24)18-7-5-17(6-8-18)16(2)23;1-15-6-8-17(9-7-15)21(22)19-5-3-4-18(14-19)16-10-12-20(23-2)13-11-16;1-2/h3-14H,1-2H3;3-14H,1-2H3;1H2. The van der Waals surface area contributed by atoms with E-state index in [1.807, 2.05) is 118 Å². The average molecular weight is 663 g/mol. The van der Waals surface area contributed by atoms with Gasteiger partial charge < -0.3 is 14.3 Å².